The quantitative estimate of drug-likeness (QED) is 0.432. The molecule has 0 unspecified atom stereocenters. The molecule has 1 aliphatic rings. The van der Waals surface area contributed by atoms with Gasteiger partial charge in [0.2, 0.25) is 0 Å². The van der Waals surface area contributed by atoms with Crippen molar-refractivity contribution >= 4 is 29.2 Å². The number of aliphatic hydroxyl groups excluding tert-OH is 2. The Kier molecular flexibility index (Phi) is 9.80. The van der Waals surface area contributed by atoms with Gasteiger partial charge in [0.25, 0.3) is 0 Å². The summed E-state index contributed by atoms with van der Waals surface area (Å²) < 4.78 is 5.77. The summed E-state index contributed by atoms with van der Waals surface area (Å²) in [6.07, 6.45) is 6.13. The lowest BCUT2D eigenvalue weighted by Gasteiger charge is -2.38. The van der Waals surface area contributed by atoms with E-state index in [-0.39, 0.29) is 12.2 Å². The predicted molar refractivity (Wildman–Crippen MR) is 136 cm³/mol. The second kappa shape index (κ2) is 11.7. The van der Waals surface area contributed by atoms with Gasteiger partial charge in [-0.3, -0.25) is 9.59 Å². The fraction of sp³-hybridized carbons (Fsp3) is 0.667. The van der Waals surface area contributed by atoms with Crippen LogP contribution in [0, 0.1) is 23.7 Å². The zero-order valence-electron chi connectivity index (χ0n) is 21.6. The van der Waals surface area contributed by atoms with Gasteiger partial charge in [0.05, 0.1) is 34.7 Å². The normalized spacial score (nSPS) is 30.6. The number of aryl methyl sites for hydroxylation is 1. The minimum Gasteiger partial charge on any atom is -0.457 e. The van der Waals surface area contributed by atoms with Gasteiger partial charge in [0.1, 0.15) is 11.9 Å². The van der Waals surface area contributed by atoms with E-state index in [2.05, 4.69) is 11.1 Å². The largest absolute Gasteiger partial charge is 0.457 e. The number of aliphatic hydroxyl groups is 2. The number of esters is 1. The highest BCUT2D eigenvalue weighted by atomic mass is 32.1. The summed E-state index contributed by atoms with van der Waals surface area (Å²) in [6, 6.07) is 0. The maximum Gasteiger partial charge on any atom is 0.309 e. The number of Topliss-reactive ketones (excluding diaryl/α,β-unsaturated/α-hetero) is 1. The molecular weight excluding hydrogens is 450 g/mol. The second-order valence-corrected chi connectivity index (χ2v) is 11.8. The molecule has 0 radical (unpaired) electrons. The zero-order chi connectivity index (χ0) is 25.7. The summed E-state index contributed by atoms with van der Waals surface area (Å²) in [5.41, 5.74) is 0.0409. The van der Waals surface area contributed by atoms with Crippen LogP contribution in [0.2, 0.25) is 0 Å². The predicted octanol–water partition coefficient (Wildman–Crippen LogP) is 5.27. The molecule has 2 rings (SSSR count). The van der Waals surface area contributed by atoms with Crippen LogP contribution in [0.25, 0.3) is 6.08 Å². The van der Waals surface area contributed by atoms with Gasteiger partial charge in [-0.25, -0.2) is 4.98 Å². The van der Waals surface area contributed by atoms with Crippen LogP contribution >= 0.6 is 11.3 Å². The van der Waals surface area contributed by atoms with E-state index in [4.69, 9.17) is 4.74 Å². The van der Waals surface area contributed by atoms with Crippen molar-refractivity contribution in [1.29, 1.82) is 0 Å². The summed E-state index contributed by atoms with van der Waals surface area (Å²) >= 11 is 1.56. The molecule has 1 aliphatic heterocycles. The van der Waals surface area contributed by atoms with Gasteiger partial charge in [-0.1, -0.05) is 46.8 Å². The van der Waals surface area contributed by atoms with Gasteiger partial charge in [0, 0.05) is 17.7 Å². The Morgan fingerprint density at radius 2 is 1.88 bits per heavy atom. The molecule has 4 atom stereocenters. The molecule has 2 N–H and O–H groups in total. The Labute approximate surface area is 208 Å². The smallest absolute Gasteiger partial charge is 0.309 e. The Morgan fingerprint density at radius 1 is 1.21 bits per heavy atom. The maximum atomic E-state index is 13.3. The molecule has 0 amide bonds. The van der Waals surface area contributed by atoms with Crippen molar-refractivity contribution in [2.24, 2.45) is 16.7 Å². The zero-order valence-corrected chi connectivity index (χ0v) is 22.4. The first-order chi connectivity index (χ1) is 15.8. The van der Waals surface area contributed by atoms with Gasteiger partial charge < -0.3 is 14.9 Å². The first kappa shape index (κ1) is 28.4. The highest BCUT2D eigenvalue weighted by Gasteiger charge is 2.44. The minimum absolute atomic E-state index is 0.258. The van der Waals surface area contributed by atoms with Gasteiger partial charge in [-0.05, 0) is 50.2 Å². The minimum atomic E-state index is -1.22. The Balaban J connectivity index is 2.31. The third-order valence-corrected chi connectivity index (χ3v) is 7.81. The van der Waals surface area contributed by atoms with E-state index in [0.717, 1.165) is 35.5 Å². The Bertz CT molecular complexity index is 914. The molecule has 0 spiro atoms. The van der Waals surface area contributed by atoms with E-state index in [1.807, 2.05) is 45.2 Å². The average Bonchev–Trinajstić information content (AvgIpc) is 3.17. The van der Waals surface area contributed by atoms with Gasteiger partial charge >= 0.3 is 5.97 Å². The van der Waals surface area contributed by atoms with Crippen LogP contribution in [-0.4, -0.2) is 45.3 Å². The molecule has 34 heavy (non-hydrogen) atoms. The summed E-state index contributed by atoms with van der Waals surface area (Å²) in [6.45, 7) is 12.8. The van der Waals surface area contributed by atoms with E-state index in [0.29, 0.717) is 6.42 Å². The van der Waals surface area contributed by atoms with Crippen LogP contribution in [0.1, 0.15) is 84.3 Å². The standard InChI is InChI=1S/C27H41NO5S/c1-17(14-20-16-34-19(3)28-20)21-12-10-8-9-11-13-26(4,5)24(31)18(2)25(32)27(6,7)22(29)15-23(30)33-21/h8,10,14,16,18,21-22,24,29,31H,9,11-13,15H2,1-7H3/b10-8+,17-14+/t18-,21-,22+,24-/m0/s1. The third kappa shape index (κ3) is 7.33. The first-order valence-electron chi connectivity index (χ1n) is 12.1. The number of hydrogen-bond donors (Lipinski definition) is 2. The number of aromatic nitrogens is 1. The van der Waals surface area contributed by atoms with Crippen LogP contribution in [0.3, 0.4) is 0 Å². The van der Waals surface area contributed by atoms with Crippen molar-refractivity contribution < 1.29 is 24.5 Å². The number of allylic oxidation sites excluding steroid dienone is 1. The number of carbonyl (C=O) groups excluding carboxylic acids is 2. The van der Waals surface area contributed by atoms with Crippen molar-refractivity contribution in [3.63, 3.8) is 0 Å². The van der Waals surface area contributed by atoms with Crippen LogP contribution in [-0.2, 0) is 14.3 Å². The first-order valence-corrected chi connectivity index (χ1v) is 13.0. The molecule has 0 aliphatic carbocycles. The monoisotopic (exact) mass is 491 g/mol. The van der Waals surface area contributed by atoms with Crippen molar-refractivity contribution in [2.45, 2.75) is 98.9 Å². The van der Waals surface area contributed by atoms with Crippen LogP contribution in [0.5, 0.6) is 0 Å². The summed E-state index contributed by atoms with van der Waals surface area (Å²) in [7, 11) is 0. The topological polar surface area (TPSA) is 96.7 Å². The Hall–Kier alpha value is -1.83. The lowest BCUT2D eigenvalue weighted by Crippen LogP contribution is -2.47. The number of rotatable bonds is 2. The van der Waals surface area contributed by atoms with Crippen LogP contribution in [0.15, 0.2) is 23.1 Å². The van der Waals surface area contributed by atoms with E-state index in [1.54, 1.807) is 32.1 Å². The van der Waals surface area contributed by atoms with Gasteiger partial charge in [-0.2, -0.15) is 0 Å². The molecular formula is C27H41NO5S. The fourth-order valence-corrected chi connectivity index (χ4v) is 5.02. The summed E-state index contributed by atoms with van der Waals surface area (Å²) in [5.74, 6) is -1.49. The molecule has 0 saturated heterocycles. The number of ether oxygens (including phenoxy) is 1. The van der Waals surface area contributed by atoms with Crippen molar-refractivity contribution in [3.8, 4) is 0 Å². The summed E-state index contributed by atoms with van der Waals surface area (Å²) in [5, 5.41) is 24.7. The van der Waals surface area contributed by atoms with Crippen molar-refractivity contribution in [1.82, 2.24) is 4.98 Å². The molecule has 0 aromatic carbocycles. The molecule has 0 saturated carbocycles. The maximum absolute atomic E-state index is 13.3. The molecule has 1 aromatic heterocycles. The number of ketones is 1. The van der Waals surface area contributed by atoms with Gasteiger partial charge in [0.15, 0.2) is 0 Å². The molecule has 0 bridgehead atoms. The number of hydrogen-bond acceptors (Lipinski definition) is 7. The number of cyclic esters (lactones) is 1. The molecule has 1 aromatic rings. The molecule has 190 valence electrons. The fourth-order valence-electron chi connectivity index (χ4n) is 4.45. The number of nitrogens with zero attached hydrogens (tertiary/aromatic N) is 1. The number of thiazole rings is 1. The van der Waals surface area contributed by atoms with Crippen LogP contribution < -0.4 is 0 Å². The molecule has 2 heterocycles. The number of carbonyl (C=O) groups is 2. The molecule has 7 heteroatoms. The highest BCUT2D eigenvalue weighted by Crippen LogP contribution is 2.37. The average molecular weight is 492 g/mol. The van der Waals surface area contributed by atoms with E-state index < -0.39 is 41.0 Å². The lowest BCUT2D eigenvalue weighted by molar-refractivity contribution is -0.154. The highest BCUT2D eigenvalue weighted by molar-refractivity contribution is 7.09. The SMILES string of the molecule is C/C(=C\c1csc(C)n1)[C@@H]1C/C=C/CCCC(C)(C)[C@@H](O)[C@H](C)C(=O)C(C)(C)[C@H](O)CC(=O)O1. The van der Waals surface area contributed by atoms with E-state index >= 15 is 0 Å². The van der Waals surface area contributed by atoms with Crippen molar-refractivity contribution in [2.75, 3.05) is 0 Å². The van der Waals surface area contributed by atoms with Crippen molar-refractivity contribution in [3.05, 3.63) is 33.8 Å². The lowest BCUT2D eigenvalue weighted by atomic mass is 9.69. The van der Waals surface area contributed by atoms with Crippen LogP contribution in [0.4, 0.5) is 0 Å². The Morgan fingerprint density at radius 3 is 2.50 bits per heavy atom. The second-order valence-electron chi connectivity index (χ2n) is 10.8. The van der Waals surface area contributed by atoms with E-state index in [9.17, 15) is 19.8 Å². The van der Waals surface area contributed by atoms with E-state index in [1.165, 1.54) is 0 Å². The third-order valence-electron chi connectivity index (χ3n) is 7.02. The molecule has 6 nitrogen and oxygen atoms in total. The molecule has 0 fully saturated rings. The summed E-state index contributed by atoms with van der Waals surface area (Å²) in [4.78, 5) is 30.5. The van der Waals surface area contributed by atoms with Gasteiger partial charge in [-0.15, -0.1) is 11.3 Å².